The molecule has 2 heterocycles. The van der Waals surface area contributed by atoms with Crippen LogP contribution in [0.25, 0.3) is 0 Å². The minimum atomic E-state index is -3.59. The Morgan fingerprint density at radius 1 is 1.19 bits per heavy atom. The molecule has 1 aromatic heterocycles. The summed E-state index contributed by atoms with van der Waals surface area (Å²) >= 11 is 0. The number of amides is 1. The molecule has 1 N–H and O–H groups in total. The maximum atomic E-state index is 12.7. The molecule has 0 radical (unpaired) electrons. The van der Waals surface area contributed by atoms with Gasteiger partial charge in [-0.2, -0.15) is 9.41 Å². The van der Waals surface area contributed by atoms with Gasteiger partial charge in [-0.15, -0.1) is 0 Å². The molecule has 1 atom stereocenters. The van der Waals surface area contributed by atoms with E-state index < -0.39 is 15.9 Å². The molecule has 1 aliphatic rings. The van der Waals surface area contributed by atoms with E-state index >= 15 is 0 Å². The zero-order chi connectivity index (χ0) is 18.4. The van der Waals surface area contributed by atoms with E-state index in [2.05, 4.69) is 15.5 Å². The van der Waals surface area contributed by atoms with Gasteiger partial charge in [0, 0.05) is 19.3 Å². The molecule has 0 saturated carbocycles. The van der Waals surface area contributed by atoms with Crippen LogP contribution < -0.4 is 5.43 Å². The lowest BCUT2D eigenvalue weighted by molar-refractivity contribution is -0.126. The molecule has 3 rings (SSSR count). The van der Waals surface area contributed by atoms with Crippen molar-refractivity contribution in [1.29, 1.82) is 0 Å². The average Bonchev–Trinajstić information content (AvgIpc) is 2.69. The summed E-state index contributed by atoms with van der Waals surface area (Å²) in [6.45, 7) is 0.570. The molecule has 136 valence electrons. The summed E-state index contributed by atoms with van der Waals surface area (Å²) < 4.78 is 26.8. The topological polar surface area (TPSA) is 91.7 Å². The molecular formula is C18H20N4O3S. The summed E-state index contributed by atoms with van der Waals surface area (Å²) in [5.41, 5.74) is 3.11. The average molecular weight is 372 g/mol. The first-order chi connectivity index (χ1) is 12.6. The van der Waals surface area contributed by atoms with Crippen LogP contribution in [0.4, 0.5) is 0 Å². The second-order valence-electron chi connectivity index (χ2n) is 6.00. The summed E-state index contributed by atoms with van der Waals surface area (Å²) in [5, 5.41) is 3.91. The third-order valence-corrected chi connectivity index (χ3v) is 6.07. The Hall–Kier alpha value is -2.58. The summed E-state index contributed by atoms with van der Waals surface area (Å²) in [5.74, 6) is -0.715. The van der Waals surface area contributed by atoms with Gasteiger partial charge in [-0.05, 0) is 37.1 Å². The van der Waals surface area contributed by atoms with Crippen LogP contribution in [0.15, 0.2) is 64.7 Å². The number of nitrogens with zero attached hydrogens (tertiary/aromatic N) is 3. The van der Waals surface area contributed by atoms with E-state index in [-0.39, 0.29) is 17.3 Å². The van der Waals surface area contributed by atoms with Gasteiger partial charge in [0.15, 0.2) is 0 Å². The van der Waals surface area contributed by atoms with Gasteiger partial charge in [0.2, 0.25) is 15.9 Å². The Labute approximate surface area is 152 Å². The highest BCUT2D eigenvalue weighted by Gasteiger charge is 2.33. The van der Waals surface area contributed by atoms with Gasteiger partial charge in [0.05, 0.1) is 22.7 Å². The first-order valence-corrected chi connectivity index (χ1v) is 9.80. The van der Waals surface area contributed by atoms with Gasteiger partial charge in [0.25, 0.3) is 0 Å². The maximum absolute atomic E-state index is 12.7. The third-order valence-electron chi connectivity index (χ3n) is 4.20. The van der Waals surface area contributed by atoms with E-state index in [1.54, 1.807) is 48.7 Å². The lowest BCUT2D eigenvalue weighted by Crippen LogP contribution is -2.44. The van der Waals surface area contributed by atoms with Gasteiger partial charge < -0.3 is 0 Å². The van der Waals surface area contributed by atoms with Crippen LogP contribution in [0, 0.1) is 5.92 Å². The highest BCUT2D eigenvalue weighted by molar-refractivity contribution is 7.89. The van der Waals surface area contributed by atoms with Crippen molar-refractivity contribution in [3.8, 4) is 0 Å². The van der Waals surface area contributed by atoms with E-state index in [1.165, 1.54) is 10.5 Å². The molecule has 1 aliphatic heterocycles. The third kappa shape index (κ3) is 4.33. The predicted octanol–water partition coefficient (Wildman–Crippen LogP) is 1.63. The second-order valence-corrected chi connectivity index (χ2v) is 7.94. The Kier molecular flexibility index (Phi) is 5.75. The second kappa shape index (κ2) is 8.20. The van der Waals surface area contributed by atoms with Gasteiger partial charge in [-0.3, -0.25) is 9.78 Å². The Morgan fingerprint density at radius 3 is 2.69 bits per heavy atom. The largest absolute Gasteiger partial charge is 0.273 e. The molecule has 0 bridgehead atoms. The predicted molar refractivity (Wildman–Crippen MR) is 97.9 cm³/mol. The number of aromatic nitrogens is 1. The minimum Gasteiger partial charge on any atom is -0.273 e. The van der Waals surface area contributed by atoms with Crippen molar-refractivity contribution in [1.82, 2.24) is 14.7 Å². The fraction of sp³-hybridized carbons (Fsp3) is 0.278. The zero-order valence-corrected chi connectivity index (χ0v) is 15.0. The van der Waals surface area contributed by atoms with Crippen molar-refractivity contribution in [2.45, 2.75) is 17.7 Å². The lowest BCUT2D eigenvalue weighted by Gasteiger charge is -2.30. The number of hydrazone groups is 1. The Morgan fingerprint density at radius 2 is 1.96 bits per heavy atom. The fourth-order valence-corrected chi connectivity index (χ4v) is 4.37. The summed E-state index contributed by atoms with van der Waals surface area (Å²) in [7, 11) is -3.59. The fourth-order valence-electron chi connectivity index (χ4n) is 2.82. The van der Waals surface area contributed by atoms with Crippen LogP contribution in [-0.2, 0) is 14.8 Å². The van der Waals surface area contributed by atoms with Crippen LogP contribution >= 0.6 is 0 Å². The molecule has 7 nitrogen and oxygen atoms in total. The maximum Gasteiger partial charge on any atom is 0.244 e. The molecule has 26 heavy (non-hydrogen) atoms. The number of nitrogens with one attached hydrogen (secondary N) is 1. The Bertz CT molecular complexity index is 870. The van der Waals surface area contributed by atoms with E-state index in [4.69, 9.17) is 0 Å². The highest BCUT2D eigenvalue weighted by Crippen LogP contribution is 2.23. The van der Waals surface area contributed by atoms with E-state index in [0.29, 0.717) is 25.1 Å². The number of rotatable bonds is 5. The van der Waals surface area contributed by atoms with E-state index in [9.17, 15) is 13.2 Å². The molecular weight excluding hydrogens is 352 g/mol. The normalized spacial score (nSPS) is 18.7. The number of hydrogen-bond acceptors (Lipinski definition) is 5. The van der Waals surface area contributed by atoms with Crippen molar-refractivity contribution in [2.75, 3.05) is 13.1 Å². The monoisotopic (exact) mass is 372 g/mol. The number of pyridine rings is 1. The van der Waals surface area contributed by atoms with Crippen LogP contribution in [-0.4, -0.2) is 42.9 Å². The van der Waals surface area contributed by atoms with Crippen molar-refractivity contribution in [3.05, 3.63) is 60.4 Å². The molecule has 0 aliphatic carbocycles. The first-order valence-electron chi connectivity index (χ1n) is 8.36. The van der Waals surface area contributed by atoms with Crippen LogP contribution in [0.2, 0.25) is 0 Å². The van der Waals surface area contributed by atoms with Gasteiger partial charge in [-0.1, -0.05) is 24.3 Å². The molecule has 1 amide bonds. The molecule has 2 aromatic rings. The number of carbonyl (C=O) groups excluding carboxylic acids is 1. The molecule has 1 aromatic carbocycles. The zero-order valence-electron chi connectivity index (χ0n) is 14.2. The van der Waals surface area contributed by atoms with Crippen LogP contribution in [0.3, 0.4) is 0 Å². The number of sulfonamides is 1. The van der Waals surface area contributed by atoms with E-state index in [1.807, 2.05) is 6.07 Å². The number of hydrogen-bond donors (Lipinski definition) is 1. The first kappa shape index (κ1) is 18.2. The Balaban J connectivity index is 1.63. The summed E-state index contributed by atoms with van der Waals surface area (Å²) in [6, 6.07) is 13.7. The lowest BCUT2D eigenvalue weighted by atomic mass is 9.99. The number of benzene rings is 1. The van der Waals surface area contributed by atoms with Gasteiger partial charge in [0.1, 0.15) is 0 Å². The molecule has 0 spiro atoms. The van der Waals surface area contributed by atoms with Crippen molar-refractivity contribution < 1.29 is 13.2 Å². The summed E-state index contributed by atoms with van der Waals surface area (Å²) in [6.07, 6.45) is 4.36. The van der Waals surface area contributed by atoms with Gasteiger partial charge >= 0.3 is 0 Å². The van der Waals surface area contributed by atoms with Crippen molar-refractivity contribution in [2.24, 2.45) is 11.0 Å². The molecule has 1 fully saturated rings. The van der Waals surface area contributed by atoms with Gasteiger partial charge in [-0.25, -0.2) is 13.8 Å². The highest BCUT2D eigenvalue weighted by atomic mass is 32.2. The quantitative estimate of drug-likeness (QED) is 0.638. The van der Waals surface area contributed by atoms with Crippen molar-refractivity contribution in [3.63, 3.8) is 0 Å². The minimum absolute atomic E-state index is 0.155. The SMILES string of the molecule is O=C(NN=Cc1ccccn1)C1CCCN(S(=O)(=O)c2ccccc2)C1. The standard InChI is InChI=1S/C18H20N4O3S/c23-18(21-20-13-16-8-4-5-11-19-16)15-7-6-12-22(14-15)26(24,25)17-9-2-1-3-10-17/h1-5,8-11,13,15H,6-7,12,14H2,(H,21,23). The molecule has 1 saturated heterocycles. The van der Waals surface area contributed by atoms with Crippen LogP contribution in [0.1, 0.15) is 18.5 Å². The smallest absolute Gasteiger partial charge is 0.244 e. The summed E-state index contributed by atoms with van der Waals surface area (Å²) in [4.78, 5) is 16.7. The number of piperidine rings is 1. The number of carbonyl (C=O) groups is 1. The van der Waals surface area contributed by atoms with Crippen LogP contribution in [0.5, 0.6) is 0 Å². The molecule has 8 heteroatoms. The van der Waals surface area contributed by atoms with E-state index in [0.717, 1.165) is 0 Å². The van der Waals surface area contributed by atoms with Crippen molar-refractivity contribution >= 4 is 22.1 Å². The molecule has 1 unspecified atom stereocenters.